The predicted octanol–water partition coefficient (Wildman–Crippen LogP) is 24.5. The standard InChI is InChI=1S/C82H160O17P2/c1-8-11-12-13-14-32-42-49-56-63-79(84)92-69-77(99-82(87)66-59-52-45-38-31-30-35-41-48-55-62-75(7)10-3)71-96-100(88,89)94-67-76(83)68-95-101(90,91)97-72-78(70-93-80(85)64-57-50-43-36-28-25-21-22-26-33-39-46-53-60-73(4)5)98-81(86)65-58-51-44-37-29-24-20-18-16-15-17-19-23-27-34-40-47-54-61-74(6)9-2/h73-78,83H,8-72H2,1-7H3,(H,88,89)(H,90,91)/t74?,75?,76-,77+,78+/m0/s1. The van der Waals surface area contributed by atoms with Gasteiger partial charge in [0.05, 0.1) is 26.4 Å². The van der Waals surface area contributed by atoms with Crippen LogP contribution in [-0.4, -0.2) is 96.7 Å². The number of phosphoric ester groups is 2. The minimum Gasteiger partial charge on any atom is -0.462 e. The number of phosphoric acid groups is 2. The van der Waals surface area contributed by atoms with Gasteiger partial charge in [0.25, 0.3) is 0 Å². The molecule has 0 radical (unpaired) electrons. The molecule has 19 heteroatoms. The van der Waals surface area contributed by atoms with Crippen LogP contribution in [0, 0.1) is 17.8 Å². The van der Waals surface area contributed by atoms with E-state index in [-0.39, 0.29) is 25.7 Å². The Labute approximate surface area is 619 Å². The SMILES string of the molecule is CCCCCCCCCCCC(=O)OC[C@H](COP(=O)(O)OC[C@H](O)COP(=O)(O)OC[C@@H](COC(=O)CCCCCCCCCCCCCCCC(C)C)OC(=O)CCCCCCCCCCCCCCCCCCCCC(C)CC)OC(=O)CCCCCCCCCCCCC(C)CC. The molecule has 0 saturated carbocycles. The first-order valence-electron chi connectivity index (χ1n) is 42.4. The number of ether oxygens (including phenoxy) is 4. The quantitative estimate of drug-likeness (QED) is 0.0222. The van der Waals surface area contributed by atoms with E-state index < -0.39 is 97.5 Å². The lowest BCUT2D eigenvalue weighted by Crippen LogP contribution is -2.30. The molecule has 4 unspecified atom stereocenters. The third kappa shape index (κ3) is 73.4. The Kier molecular flexibility index (Phi) is 70.9. The fourth-order valence-electron chi connectivity index (χ4n) is 12.6. The molecule has 0 rings (SSSR count). The largest absolute Gasteiger partial charge is 0.472 e. The highest BCUT2D eigenvalue weighted by molar-refractivity contribution is 7.47. The van der Waals surface area contributed by atoms with Crippen LogP contribution in [0.1, 0.15) is 427 Å². The molecule has 0 aromatic rings. The van der Waals surface area contributed by atoms with Gasteiger partial charge in [-0.1, -0.05) is 376 Å². The number of carbonyl (C=O) groups excluding carboxylic acids is 4. The van der Waals surface area contributed by atoms with Crippen molar-refractivity contribution in [3.63, 3.8) is 0 Å². The molecule has 0 aromatic heterocycles. The summed E-state index contributed by atoms with van der Waals surface area (Å²) in [5, 5.41) is 10.6. The molecule has 0 bridgehead atoms. The topological polar surface area (TPSA) is 237 Å². The number of aliphatic hydroxyl groups is 1. The van der Waals surface area contributed by atoms with Crippen LogP contribution in [0.2, 0.25) is 0 Å². The maximum atomic E-state index is 13.1. The minimum atomic E-state index is -4.96. The van der Waals surface area contributed by atoms with Crippen molar-refractivity contribution in [1.29, 1.82) is 0 Å². The summed E-state index contributed by atoms with van der Waals surface area (Å²) in [7, 11) is -9.92. The summed E-state index contributed by atoms with van der Waals surface area (Å²) in [6, 6.07) is 0. The smallest absolute Gasteiger partial charge is 0.462 e. The van der Waals surface area contributed by atoms with Gasteiger partial charge in [0.15, 0.2) is 12.2 Å². The third-order valence-electron chi connectivity index (χ3n) is 19.9. The number of rotatable bonds is 80. The molecule has 0 spiro atoms. The van der Waals surface area contributed by atoms with E-state index in [4.69, 9.17) is 37.0 Å². The molecular weight excluding hydrogens is 1320 g/mol. The Morgan fingerprint density at radius 1 is 0.287 bits per heavy atom. The Morgan fingerprint density at radius 2 is 0.505 bits per heavy atom. The van der Waals surface area contributed by atoms with Crippen molar-refractivity contribution in [1.82, 2.24) is 0 Å². The van der Waals surface area contributed by atoms with Gasteiger partial charge in [-0.25, -0.2) is 9.13 Å². The first kappa shape index (κ1) is 99.1. The van der Waals surface area contributed by atoms with Crippen molar-refractivity contribution in [2.45, 2.75) is 446 Å². The van der Waals surface area contributed by atoms with Crippen molar-refractivity contribution in [3.8, 4) is 0 Å². The van der Waals surface area contributed by atoms with E-state index in [0.29, 0.717) is 25.7 Å². The average molecular weight is 1480 g/mol. The number of hydrogen-bond acceptors (Lipinski definition) is 15. The van der Waals surface area contributed by atoms with Crippen LogP contribution in [0.4, 0.5) is 0 Å². The van der Waals surface area contributed by atoms with Crippen molar-refractivity contribution < 1.29 is 80.2 Å². The van der Waals surface area contributed by atoms with E-state index in [2.05, 4.69) is 48.5 Å². The summed E-state index contributed by atoms with van der Waals surface area (Å²) in [5.41, 5.74) is 0. The van der Waals surface area contributed by atoms with Gasteiger partial charge in [0.2, 0.25) is 0 Å². The zero-order chi connectivity index (χ0) is 74.4. The van der Waals surface area contributed by atoms with Gasteiger partial charge in [0, 0.05) is 25.7 Å². The van der Waals surface area contributed by atoms with Gasteiger partial charge >= 0.3 is 39.5 Å². The number of carbonyl (C=O) groups is 4. The summed E-state index contributed by atoms with van der Waals surface area (Å²) >= 11 is 0. The Hall–Kier alpha value is -1.94. The van der Waals surface area contributed by atoms with Gasteiger partial charge in [-0.3, -0.25) is 37.3 Å². The molecule has 3 N–H and O–H groups in total. The second-order valence-corrected chi connectivity index (χ2v) is 33.4. The molecule has 0 heterocycles. The molecule has 101 heavy (non-hydrogen) atoms. The molecule has 0 saturated heterocycles. The normalized spacial score (nSPS) is 14.5. The molecule has 7 atom stereocenters. The van der Waals surface area contributed by atoms with Crippen molar-refractivity contribution in [2.75, 3.05) is 39.6 Å². The van der Waals surface area contributed by atoms with Gasteiger partial charge < -0.3 is 33.8 Å². The molecule has 0 fully saturated rings. The summed E-state index contributed by atoms with van der Waals surface area (Å²) in [5.74, 6) is 0.354. The van der Waals surface area contributed by atoms with Crippen LogP contribution in [0.25, 0.3) is 0 Å². The van der Waals surface area contributed by atoms with Gasteiger partial charge in [0.1, 0.15) is 19.3 Å². The maximum absolute atomic E-state index is 13.1. The first-order valence-corrected chi connectivity index (χ1v) is 45.4. The second-order valence-electron chi connectivity index (χ2n) is 30.5. The van der Waals surface area contributed by atoms with Crippen molar-refractivity contribution in [2.24, 2.45) is 17.8 Å². The fraction of sp³-hybridized carbons (Fsp3) is 0.951. The van der Waals surface area contributed by atoms with Crippen LogP contribution in [0.3, 0.4) is 0 Å². The molecule has 0 aliphatic rings. The lowest BCUT2D eigenvalue weighted by atomic mass is 9.99. The predicted molar refractivity (Wildman–Crippen MR) is 414 cm³/mol. The van der Waals surface area contributed by atoms with Crippen LogP contribution in [0.15, 0.2) is 0 Å². The van der Waals surface area contributed by atoms with Gasteiger partial charge in [-0.05, 0) is 43.4 Å². The zero-order valence-corrected chi connectivity index (χ0v) is 68.2. The molecule has 0 aliphatic carbocycles. The molecule has 0 aliphatic heterocycles. The van der Waals surface area contributed by atoms with Crippen molar-refractivity contribution in [3.05, 3.63) is 0 Å². The second kappa shape index (κ2) is 72.3. The molecule has 0 aromatic carbocycles. The van der Waals surface area contributed by atoms with E-state index in [1.54, 1.807) is 0 Å². The zero-order valence-electron chi connectivity index (χ0n) is 66.4. The summed E-state index contributed by atoms with van der Waals surface area (Å²) in [6.07, 6.45) is 61.0. The lowest BCUT2D eigenvalue weighted by Gasteiger charge is -2.21. The average Bonchev–Trinajstić information content (AvgIpc) is 0.957. The monoisotopic (exact) mass is 1480 g/mol. The van der Waals surface area contributed by atoms with E-state index in [1.165, 1.54) is 238 Å². The van der Waals surface area contributed by atoms with Gasteiger partial charge in [-0.15, -0.1) is 0 Å². The van der Waals surface area contributed by atoms with Crippen LogP contribution < -0.4 is 0 Å². The Balaban J connectivity index is 5.21. The highest BCUT2D eigenvalue weighted by Gasteiger charge is 2.30. The van der Waals surface area contributed by atoms with Crippen LogP contribution in [0.5, 0.6) is 0 Å². The number of esters is 4. The van der Waals surface area contributed by atoms with Crippen LogP contribution >= 0.6 is 15.6 Å². The molecule has 17 nitrogen and oxygen atoms in total. The highest BCUT2D eigenvalue weighted by Crippen LogP contribution is 2.45. The fourth-order valence-corrected chi connectivity index (χ4v) is 14.2. The highest BCUT2D eigenvalue weighted by atomic mass is 31.2. The first-order chi connectivity index (χ1) is 48.8. The number of aliphatic hydroxyl groups excluding tert-OH is 1. The van der Waals surface area contributed by atoms with E-state index >= 15 is 0 Å². The Morgan fingerprint density at radius 3 is 0.752 bits per heavy atom. The van der Waals surface area contributed by atoms with E-state index in [1.807, 2.05) is 0 Å². The Bertz CT molecular complexity index is 1960. The molecule has 600 valence electrons. The van der Waals surface area contributed by atoms with E-state index in [0.717, 1.165) is 108 Å². The summed E-state index contributed by atoms with van der Waals surface area (Å²) in [4.78, 5) is 73.0. The van der Waals surface area contributed by atoms with Crippen molar-refractivity contribution >= 4 is 39.5 Å². The number of hydrogen-bond donors (Lipinski definition) is 3. The summed E-state index contributed by atoms with van der Waals surface area (Å²) < 4.78 is 68.7. The summed E-state index contributed by atoms with van der Waals surface area (Å²) in [6.45, 7) is 12.0. The van der Waals surface area contributed by atoms with E-state index in [9.17, 15) is 43.2 Å². The third-order valence-corrected chi connectivity index (χ3v) is 21.8. The molecular formula is C82H160O17P2. The van der Waals surface area contributed by atoms with Gasteiger partial charge in [-0.2, -0.15) is 0 Å². The minimum absolute atomic E-state index is 0.106. The maximum Gasteiger partial charge on any atom is 0.472 e. The lowest BCUT2D eigenvalue weighted by molar-refractivity contribution is -0.161. The molecule has 0 amide bonds. The number of unbranched alkanes of at least 4 members (excludes halogenated alkanes) is 46. The van der Waals surface area contributed by atoms with Crippen LogP contribution in [-0.2, 0) is 65.4 Å².